The summed E-state index contributed by atoms with van der Waals surface area (Å²) in [4.78, 5) is 42.4. The topological polar surface area (TPSA) is 85.0 Å². The fourth-order valence-electron chi connectivity index (χ4n) is 3.61. The van der Waals surface area contributed by atoms with E-state index in [4.69, 9.17) is 11.6 Å². The molecule has 1 aliphatic heterocycles. The van der Waals surface area contributed by atoms with E-state index in [1.54, 1.807) is 29.0 Å². The summed E-state index contributed by atoms with van der Waals surface area (Å²) in [5.74, 6) is -0.133. The molecular weight excluding hydrogens is 442 g/mol. The highest BCUT2D eigenvalue weighted by Gasteiger charge is 2.22. The molecule has 0 bridgehead atoms. The van der Waals surface area contributed by atoms with E-state index in [1.165, 1.54) is 0 Å². The maximum Gasteiger partial charge on any atom is 0.317 e. The number of nitrogens with zero attached hydrogens (tertiary/aromatic N) is 3. The Balaban J connectivity index is 1.32. The molecule has 0 aliphatic carbocycles. The van der Waals surface area contributed by atoms with Crippen molar-refractivity contribution in [3.8, 4) is 0 Å². The van der Waals surface area contributed by atoms with Crippen LogP contribution < -0.4 is 10.6 Å². The normalized spacial score (nSPS) is 13.9. The average molecular weight is 472 g/mol. The molecule has 2 N–H and O–H groups in total. The van der Waals surface area contributed by atoms with Gasteiger partial charge in [-0.1, -0.05) is 54.1 Å². The summed E-state index contributed by atoms with van der Waals surface area (Å²) < 4.78 is 0. The minimum atomic E-state index is -0.207. The minimum absolute atomic E-state index is 0.00109. The van der Waals surface area contributed by atoms with Crippen LogP contribution in [0.1, 0.15) is 12.0 Å². The van der Waals surface area contributed by atoms with Crippen molar-refractivity contribution in [3.63, 3.8) is 0 Å². The Kier molecular flexibility index (Phi) is 9.09. The van der Waals surface area contributed by atoms with Gasteiger partial charge in [0.2, 0.25) is 11.8 Å². The van der Waals surface area contributed by atoms with E-state index in [1.807, 2.05) is 47.4 Å². The smallest absolute Gasteiger partial charge is 0.317 e. The number of halogens is 1. The number of hydrogen-bond acceptors (Lipinski definition) is 4. The van der Waals surface area contributed by atoms with Crippen LogP contribution in [-0.4, -0.2) is 78.9 Å². The third kappa shape index (κ3) is 7.76. The predicted octanol–water partition coefficient (Wildman–Crippen LogP) is 2.65. The van der Waals surface area contributed by atoms with Gasteiger partial charge in [0, 0.05) is 52.7 Å². The van der Waals surface area contributed by atoms with Gasteiger partial charge in [0.15, 0.2) is 0 Å². The van der Waals surface area contributed by atoms with Crippen LogP contribution in [0.3, 0.4) is 0 Å². The Bertz CT molecular complexity index is 948. The molecule has 1 heterocycles. The number of nitrogens with one attached hydrogen (secondary N) is 2. The van der Waals surface area contributed by atoms with Crippen LogP contribution in [0, 0.1) is 0 Å². The molecular formula is C24H30ClN5O3. The lowest BCUT2D eigenvalue weighted by Crippen LogP contribution is -2.51. The van der Waals surface area contributed by atoms with E-state index >= 15 is 0 Å². The zero-order valence-corrected chi connectivity index (χ0v) is 19.6. The number of benzene rings is 2. The van der Waals surface area contributed by atoms with Gasteiger partial charge in [0.25, 0.3) is 0 Å². The van der Waals surface area contributed by atoms with Crippen LogP contribution in [0.15, 0.2) is 54.6 Å². The largest absolute Gasteiger partial charge is 0.340 e. The molecule has 0 unspecified atom stereocenters. The standard InChI is InChI=1S/C24H30ClN5O3/c1-28(17-19-7-3-2-4-8-19)24(33)26-12-11-23(32)30-15-13-29(14-16-30)18-22(31)27-21-10-6-5-9-20(21)25/h2-10H,11-18H2,1H3,(H,26,33)(H,27,31). The number of hydrogen-bond donors (Lipinski definition) is 2. The van der Waals surface area contributed by atoms with Crippen molar-refractivity contribution in [2.24, 2.45) is 0 Å². The maximum atomic E-state index is 12.5. The molecule has 2 aromatic rings. The first kappa shape index (κ1) is 24.5. The lowest BCUT2D eigenvalue weighted by Gasteiger charge is -2.34. The van der Waals surface area contributed by atoms with Crippen LogP contribution in [0.25, 0.3) is 0 Å². The lowest BCUT2D eigenvalue weighted by molar-refractivity contribution is -0.132. The predicted molar refractivity (Wildman–Crippen MR) is 129 cm³/mol. The molecule has 0 aromatic heterocycles. The summed E-state index contributed by atoms with van der Waals surface area (Å²) in [5, 5.41) is 6.12. The zero-order valence-electron chi connectivity index (χ0n) is 18.8. The van der Waals surface area contributed by atoms with Crippen LogP contribution >= 0.6 is 11.6 Å². The van der Waals surface area contributed by atoms with Crippen molar-refractivity contribution in [2.75, 3.05) is 51.6 Å². The van der Waals surface area contributed by atoms with Crippen molar-refractivity contribution < 1.29 is 14.4 Å². The molecule has 9 heteroatoms. The van der Waals surface area contributed by atoms with E-state index in [0.717, 1.165) is 5.56 Å². The van der Waals surface area contributed by atoms with E-state index in [9.17, 15) is 14.4 Å². The highest BCUT2D eigenvalue weighted by Crippen LogP contribution is 2.20. The number of anilines is 1. The summed E-state index contributed by atoms with van der Waals surface area (Å²) in [6, 6.07) is 16.6. The minimum Gasteiger partial charge on any atom is -0.340 e. The van der Waals surface area contributed by atoms with Gasteiger partial charge in [-0.25, -0.2) is 4.79 Å². The molecule has 1 fully saturated rings. The summed E-state index contributed by atoms with van der Waals surface area (Å²) in [7, 11) is 1.73. The first-order valence-electron chi connectivity index (χ1n) is 11.0. The molecule has 4 amide bonds. The molecule has 33 heavy (non-hydrogen) atoms. The quantitative estimate of drug-likeness (QED) is 0.620. The van der Waals surface area contributed by atoms with Crippen molar-refractivity contribution in [1.29, 1.82) is 0 Å². The average Bonchev–Trinajstić information content (AvgIpc) is 2.81. The number of urea groups is 1. The van der Waals surface area contributed by atoms with Crippen molar-refractivity contribution >= 4 is 35.1 Å². The number of carbonyl (C=O) groups is 3. The molecule has 1 saturated heterocycles. The van der Waals surface area contributed by atoms with Gasteiger partial charge in [0.05, 0.1) is 17.3 Å². The monoisotopic (exact) mass is 471 g/mol. The van der Waals surface area contributed by atoms with Crippen LogP contribution in [0.2, 0.25) is 5.02 Å². The first-order chi connectivity index (χ1) is 15.9. The van der Waals surface area contributed by atoms with Crippen LogP contribution in [0.5, 0.6) is 0 Å². The fourth-order valence-corrected chi connectivity index (χ4v) is 3.79. The second kappa shape index (κ2) is 12.2. The van der Waals surface area contributed by atoms with Crippen LogP contribution in [-0.2, 0) is 16.1 Å². The van der Waals surface area contributed by atoms with E-state index in [2.05, 4.69) is 10.6 Å². The molecule has 176 valence electrons. The fraction of sp³-hybridized carbons (Fsp3) is 0.375. The van der Waals surface area contributed by atoms with Crippen molar-refractivity contribution in [3.05, 3.63) is 65.2 Å². The van der Waals surface area contributed by atoms with Gasteiger partial charge in [-0.05, 0) is 17.7 Å². The van der Waals surface area contributed by atoms with Gasteiger partial charge in [-0.15, -0.1) is 0 Å². The van der Waals surface area contributed by atoms with Gasteiger partial charge >= 0.3 is 6.03 Å². The highest BCUT2D eigenvalue weighted by molar-refractivity contribution is 6.33. The van der Waals surface area contributed by atoms with Crippen molar-refractivity contribution in [2.45, 2.75) is 13.0 Å². The first-order valence-corrected chi connectivity index (χ1v) is 11.4. The molecule has 0 atom stereocenters. The molecule has 1 aliphatic rings. The van der Waals surface area contributed by atoms with E-state index in [0.29, 0.717) is 43.4 Å². The summed E-state index contributed by atoms with van der Waals surface area (Å²) in [5.41, 5.74) is 1.64. The second-order valence-electron chi connectivity index (χ2n) is 8.01. The molecule has 0 radical (unpaired) electrons. The Morgan fingerprint density at radius 2 is 1.64 bits per heavy atom. The molecule has 8 nitrogen and oxygen atoms in total. The summed E-state index contributed by atoms with van der Waals surface area (Å²) in [6.07, 6.45) is 0.248. The highest BCUT2D eigenvalue weighted by atomic mass is 35.5. The number of para-hydroxylation sites is 1. The van der Waals surface area contributed by atoms with E-state index in [-0.39, 0.29) is 37.4 Å². The van der Waals surface area contributed by atoms with Gasteiger partial charge < -0.3 is 20.4 Å². The van der Waals surface area contributed by atoms with Gasteiger partial charge in [0.1, 0.15) is 0 Å². The Labute approximate surface area is 199 Å². The third-order valence-corrected chi connectivity index (χ3v) is 5.79. The molecule has 3 rings (SSSR count). The Hall–Kier alpha value is -3.10. The van der Waals surface area contributed by atoms with Gasteiger partial charge in [-0.2, -0.15) is 0 Å². The third-order valence-electron chi connectivity index (χ3n) is 5.46. The molecule has 2 aromatic carbocycles. The SMILES string of the molecule is CN(Cc1ccccc1)C(=O)NCCC(=O)N1CCN(CC(=O)Nc2ccccc2Cl)CC1. The lowest BCUT2D eigenvalue weighted by atomic mass is 10.2. The second-order valence-corrected chi connectivity index (χ2v) is 8.42. The maximum absolute atomic E-state index is 12.5. The summed E-state index contributed by atoms with van der Waals surface area (Å²) >= 11 is 6.08. The number of rotatable bonds is 8. The molecule has 0 spiro atoms. The summed E-state index contributed by atoms with van der Waals surface area (Å²) in [6.45, 7) is 3.39. The zero-order chi connectivity index (χ0) is 23.6. The van der Waals surface area contributed by atoms with Crippen molar-refractivity contribution in [1.82, 2.24) is 20.0 Å². The van der Waals surface area contributed by atoms with Gasteiger partial charge in [-0.3, -0.25) is 14.5 Å². The molecule has 0 saturated carbocycles. The van der Waals surface area contributed by atoms with E-state index < -0.39 is 0 Å². The number of carbonyl (C=O) groups excluding carboxylic acids is 3. The van der Waals surface area contributed by atoms with Crippen LogP contribution in [0.4, 0.5) is 10.5 Å². The Morgan fingerprint density at radius 1 is 0.970 bits per heavy atom. The Morgan fingerprint density at radius 3 is 2.33 bits per heavy atom. The number of amides is 4. The number of piperazine rings is 1.